The van der Waals surface area contributed by atoms with Gasteiger partial charge in [0.15, 0.2) is 6.10 Å². The second-order valence-electron chi connectivity index (χ2n) is 4.53. The lowest BCUT2D eigenvalue weighted by Gasteiger charge is -2.32. The molecule has 2 atom stereocenters. The third-order valence-corrected chi connectivity index (χ3v) is 2.74. The van der Waals surface area contributed by atoms with Crippen LogP contribution < -0.4 is 0 Å². The van der Waals surface area contributed by atoms with E-state index in [-0.39, 0.29) is 18.4 Å². The number of esters is 1. The summed E-state index contributed by atoms with van der Waals surface area (Å²) in [5.41, 5.74) is -1.14. The Labute approximate surface area is 111 Å². The minimum Gasteiger partial charge on any atom is -0.481 e. The Bertz CT molecular complexity index is 443. The topological polar surface area (TPSA) is 83.8 Å². The van der Waals surface area contributed by atoms with Crippen LogP contribution in [-0.4, -0.2) is 33.9 Å². The highest BCUT2D eigenvalue weighted by molar-refractivity contribution is 5.90. The summed E-state index contributed by atoms with van der Waals surface area (Å²) in [5.74, 6) is -1.58. The fraction of sp³-hybridized carbons (Fsp3) is 0.429. The van der Waals surface area contributed by atoms with E-state index in [1.807, 2.05) is 13.0 Å². The number of ether oxygens (including phenoxy) is 1. The van der Waals surface area contributed by atoms with Crippen molar-refractivity contribution in [3.8, 4) is 0 Å². The number of carboxylic acid groups (broad SMARTS) is 1. The Kier molecular flexibility index (Phi) is 5.06. The van der Waals surface area contributed by atoms with E-state index in [1.165, 1.54) is 13.0 Å². The summed E-state index contributed by atoms with van der Waals surface area (Å²) >= 11 is 0. The highest BCUT2D eigenvalue weighted by Gasteiger charge is 2.37. The van der Waals surface area contributed by atoms with Crippen molar-refractivity contribution in [2.75, 3.05) is 0 Å². The van der Waals surface area contributed by atoms with E-state index in [4.69, 9.17) is 9.84 Å². The van der Waals surface area contributed by atoms with Crippen LogP contribution in [0.25, 0.3) is 0 Å². The number of aliphatic hydroxyl groups is 1. The second-order valence-corrected chi connectivity index (χ2v) is 4.53. The SMILES string of the molecule is C/C=C/C=C/[C@@H]1OC(=O)C(CCC(=O)O)=C[C@@]1(C)O. The average Bonchev–Trinajstić information content (AvgIpc) is 2.31. The van der Waals surface area contributed by atoms with Crippen LogP contribution in [0.5, 0.6) is 0 Å². The molecular weight excluding hydrogens is 248 g/mol. The number of carbonyl (C=O) groups excluding carboxylic acids is 1. The molecule has 0 spiro atoms. The summed E-state index contributed by atoms with van der Waals surface area (Å²) in [6.45, 7) is 3.37. The molecule has 0 saturated heterocycles. The highest BCUT2D eigenvalue weighted by Crippen LogP contribution is 2.27. The number of carboxylic acids is 1. The molecular formula is C14H18O5. The summed E-state index contributed by atoms with van der Waals surface area (Å²) in [6.07, 6.45) is 7.32. The summed E-state index contributed by atoms with van der Waals surface area (Å²) in [6, 6.07) is 0. The van der Waals surface area contributed by atoms with Crippen LogP contribution in [-0.2, 0) is 14.3 Å². The standard InChI is InChI=1S/C14H18O5/c1-3-4-5-6-11-14(2,18)9-10(13(17)19-11)7-8-12(15)16/h3-6,9,11,18H,7-8H2,1-2H3,(H,15,16)/b4-3+,6-5+/t11-,14+/m0/s1. The van der Waals surface area contributed by atoms with Gasteiger partial charge in [-0.05, 0) is 32.4 Å². The van der Waals surface area contributed by atoms with Gasteiger partial charge in [0.1, 0.15) is 5.60 Å². The zero-order chi connectivity index (χ0) is 14.5. The Morgan fingerprint density at radius 3 is 2.79 bits per heavy atom. The van der Waals surface area contributed by atoms with Gasteiger partial charge in [0.2, 0.25) is 0 Å². The highest BCUT2D eigenvalue weighted by atomic mass is 16.6. The van der Waals surface area contributed by atoms with Gasteiger partial charge in [-0.25, -0.2) is 4.79 Å². The number of rotatable bonds is 5. The molecule has 0 saturated carbocycles. The Morgan fingerprint density at radius 1 is 1.53 bits per heavy atom. The predicted molar refractivity (Wildman–Crippen MR) is 69.4 cm³/mol. The first-order valence-corrected chi connectivity index (χ1v) is 6.03. The van der Waals surface area contributed by atoms with Gasteiger partial charge in [0.05, 0.1) is 0 Å². The lowest BCUT2D eigenvalue weighted by atomic mass is 9.91. The van der Waals surface area contributed by atoms with Crippen molar-refractivity contribution in [2.24, 2.45) is 0 Å². The molecule has 0 fully saturated rings. The maximum absolute atomic E-state index is 11.7. The van der Waals surface area contributed by atoms with Crippen molar-refractivity contribution in [3.05, 3.63) is 36.0 Å². The lowest BCUT2D eigenvalue weighted by Crippen LogP contribution is -2.44. The fourth-order valence-corrected chi connectivity index (χ4v) is 1.73. The predicted octanol–water partition coefficient (Wildman–Crippen LogP) is 1.59. The number of hydrogen-bond donors (Lipinski definition) is 2. The number of allylic oxidation sites excluding steroid dienone is 3. The van der Waals surface area contributed by atoms with E-state index in [0.717, 1.165) is 0 Å². The summed E-state index contributed by atoms with van der Waals surface area (Å²) in [5, 5.41) is 18.8. The smallest absolute Gasteiger partial charge is 0.334 e. The van der Waals surface area contributed by atoms with Crippen LogP contribution in [0.15, 0.2) is 36.0 Å². The second kappa shape index (κ2) is 6.33. The van der Waals surface area contributed by atoms with Gasteiger partial charge in [-0.15, -0.1) is 0 Å². The Morgan fingerprint density at radius 2 is 2.21 bits per heavy atom. The van der Waals surface area contributed by atoms with Crippen molar-refractivity contribution in [2.45, 2.75) is 38.4 Å². The molecule has 5 heteroatoms. The Balaban J connectivity index is 2.85. The molecule has 0 aromatic heterocycles. The van der Waals surface area contributed by atoms with Gasteiger partial charge in [-0.1, -0.05) is 18.2 Å². The molecule has 5 nitrogen and oxygen atoms in total. The molecule has 0 aromatic carbocycles. The van der Waals surface area contributed by atoms with Crippen LogP contribution in [0.2, 0.25) is 0 Å². The van der Waals surface area contributed by atoms with E-state index >= 15 is 0 Å². The van der Waals surface area contributed by atoms with Crippen molar-refractivity contribution < 1.29 is 24.5 Å². The molecule has 0 aromatic rings. The molecule has 0 radical (unpaired) electrons. The minimum atomic E-state index is -1.33. The summed E-state index contributed by atoms with van der Waals surface area (Å²) < 4.78 is 5.12. The van der Waals surface area contributed by atoms with E-state index in [2.05, 4.69) is 0 Å². The van der Waals surface area contributed by atoms with Gasteiger partial charge in [0.25, 0.3) is 0 Å². The van der Waals surface area contributed by atoms with Gasteiger partial charge in [-0.2, -0.15) is 0 Å². The van der Waals surface area contributed by atoms with Gasteiger partial charge >= 0.3 is 11.9 Å². The Hall–Kier alpha value is -1.88. The van der Waals surface area contributed by atoms with Crippen molar-refractivity contribution >= 4 is 11.9 Å². The number of aliphatic carboxylic acids is 1. The van der Waals surface area contributed by atoms with Gasteiger partial charge in [-0.3, -0.25) is 4.79 Å². The minimum absolute atomic E-state index is 0.0512. The molecule has 0 aliphatic carbocycles. The molecule has 1 aliphatic rings. The maximum atomic E-state index is 11.7. The normalized spacial score (nSPS) is 27.6. The van der Waals surface area contributed by atoms with Crippen molar-refractivity contribution in [1.82, 2.24) is 0 Å². The zero-order valence-corrected chi connectivity index (χ0v) is 11.0. The van der Waals surface area contributed by atoms with Crippen LogP contribution in [0.1, 0.15) is 26.7 Å². The van der Waals surface area contributed by atoms with Crippen molar-refractivity contribution in [1.29, 1.82) is 0 Å². The van der Waals surface area contributed by atoms with Crippen LogP contribution in [0.3, 0.4) is 0 Å². The zero-order valence-electron chi connectivity index (χ0n) is 11.0. The lowest BCUT2D eigenvalue weighted by molar-refractivity contribution is -0.153. The average molecular weight is 266 g/mol. The number of cyclic esters (lactones) is 1. The third-order valence-electron chi connectivity index (χ3n) is 2.74. The molecule has 0 amide bonds. The maximum Gasteiger partial charge on any atom is 0.334 e. The fourth-order valence-electron chi connectivity index (χ4n) is 1.73. The van der Waals surface area contributed by atoms with E-state index in [0.29, 0.717) is 0 Å². The van der Waals surface area contributed by atoms with Crippen LogP contribution >= 0.6 is 0 Å². The summed E-state index contributed by atoms with van der Waals surface area (Å²) in [4.78, 5) is 22.2. The molecule has 0 unspecified atom stereocenters. The molecule has 2 N–H and O–H groups in total. The molecule has 0 bridgehead atoms. The first kappa shape index (κ1) is 15.2. The molecule has 1 aliphatic heterocycles. The quantitative estimate of drug-likeness (QED) is 0.583. The van der Waals surface area contributed by atoms with E-state index < -0.39 is 23.6 Å². The molecule has 1 heterocycles. The monoisotopic (exact) mass is 266 g/mol. The number of hydrogen-bond acceptors (Lipinski definition) is 4. The largest absolute Gasteiger partial charge is 0.481 e. The van der Waals surface area contributed by atoms with E-state index in [9.17, 15) is 14.7 Å². The molecule has 19 heavy (non-hydrogen) atoms. The summed E-state index contributed by atoms with van der Waals surface area (Å²) in [7, 11) is 0. The van der Waals surface area contributed by atoms with Crippen molar-refractivity contribution in [3.63, 3.8) is 0 Å². The third kappa shape index (κ3) is 4.37. The van der Waals surface area contributed by atoms with Gasteiger partial charge in [0, 0.05) is 12.0 Å². The van der Waals surface area contributed by atoms with Crippen LogP contribution in [0, 0.1) is 0 Å². The molecule has 104 valence electrons. The first-order valence-electron chi connectivity index (χ1n) is 6.03. The van der Waals surface area contributed by atoms with Gasteiger partial charge < -0.3 is 14.9 Å². The first-order chi connectivity index (χ1) is 8.86. The van der Waals surface area contributed by atoms with E-state index in [1.54, 1.807) is 18.2 Å². The van der Waals surface area contributed by atoms with Crippen LogP contribution in [0.4, 0.5) is 0 Å². The molecule has 1 rings (SSSR count). The number of carbonyl (C=O) groups is 2.